The topological polar surface area (TPSA) is 49.4 Å². The highest BCUT2D eigenvalue weighted by atomic mass is 16.2. The molecule has 26 heavy (non-hydrogen) atoms. The fraction of sp³-hybridized carbons (Fsp3) is 0.182. The van der Waals surface area contributed by atoms with E-state index in [1.54, 1.807) is 4.90 Å². The van der Waals surface area contributed by atoms with Crippen molar-refractivity contribution in [3.63, 3.8) is 0 Å². The van der Waals surface area contributed by atoms with Gasteiger partial charge in [0, 0.05) is 24.3 Å². The van der Waals surface area contributed by atoms with E-state index in [-0.39, 0.29) is 11.8 Å². The first kappa shape index (κ1) is 16.3. The fourth-order valence-electron chi connectivity index (χ4n) is 3.39. The summed E-state index contributed by atoms with van der Waals surface area (Å²) in [6, 6.07) is 21.7. The molecule has 1 aliphatic heterocycles. The maximum atomic E-state index is 12.3. The Labute approximate surface area is 152 Å². The van der Waals surface area contributed by atoms with Crippen LogP contribution in [0.1, 0.15) is 18.4 Å². The highest BCUT2D eigenvalue weighted by molar-refractivity contribution is 5.96. The van der Waals surface area contributed by atoms with E-state index in [2.05, 4.69) is 23.5 Å². The van der Waals surface area contributed by atoms with Gasteiger partial charge >= 0.3 is 0 Å². The average Bonchev–Trinajstić information content (AvgIpc) is 3.08. The van der Waals surface area contributed by atoms with Gasteiger partial charge in [-0.1, -0.05) is 42.5 Å². The van der Waals surface area contributed by atoms with Gasteiger partial charge in [0.15, 0.2) is 0 Å². The van der Waals surface area contributed by atoms with E-state index in [4.69, 9.17) is 0 Å². The first-order chi connectivity index (χ1) is 12.7. The molecular formula is C22H20N2O2. The molecule has 4 nitrogen and oxygen atoms in total. The Kier molecular flexibility index (Phi) is 4.40. The van der Waals surface area contributed by atoms with Crippen LogP contribution >= 0.6 is 0 Å². The van der Waals surface area contributed by atoms with E-state index in [0.29, 0.717) is 12.8 Å². The minimum Gasteiger partial charge on any atom is -0.326 e. The number of hydrogen-bond donors (Lipinski definition) is 1. The summed E-state index contributed by atoms with van der Waals surface area (Å²) in [5.74, 6) is 0.114. The molecule has 1 fully saturated rings. The van der Waals surface area contributed by atoms with Crippen LogP contribution in [-0.4, -0.2) is 18.4 Å². The summed E-state index contributed by atoms with van der Waals surface area (Å²) in [6.45, 7) is 0.770. The van der Waals surface area contributed by atoms with Gasteiger partial charge in [-0.15, -0.1) is 0 Å². The number of nitrogens with zero attached hydrogens (tertiary/aromatic N) is 1. The van der Waals surface area contributed by atoms with Crippen molar-refractivity contribution in [2.75, 3.05) is 16.8 Å². The number of hydrogen-bond acceptors (Lipinski definition) is 2. The number of rotatable bonds is 4. The predicted octanol–water partition coefficient (Wildman–Crippen LogP) is 4.15. The molecule has 0 spiro atoms. The Hall–Kier alpha value is -3.14. The smallest absolute Gasteiger partial charge is 0.228 e. The Morgan fingerprint density at radius 2 is 1.73 bits per heavy atom. The number of amides is 2. The molecule has 3 aromatic rings. The molecule has 2 amide bonds. The second kappa shape index (κ2) is 7.00. The van der Waals surface area contributed by atoms with Gasteiger partial charge in [0.25, 0.3) is 0 Å². The van der Waals surface area contributed by atoms with Crippen LogP contribution in [0, 0.1) is 0 Å². The lowest BCUT2D eigenvalue weighted by molar-refractivity contribution is -0.117. The number of benzene rings is 3. The van der Waals surface area contributed by atoms with Gasteiger partial charge in [-0.25, -0.2) is 0 Å². The van der Waals surface area contributed by atoms with Crippen LogP contribution in [0.3, 0.4) is 0 Å². The van der Waals surface area contributed by atoms with Gasteiger partial charge in [0.1, 0.15) is 0 Å². The van der Waals surface area contributed by atoms with Crippen LogP contribution in [-0.2, 0) is 16.0 Å². The molecule has 0 radical (unpaired) electrons. The van der Waals surface area contributed by atoms with Gasteiger partial charge in [0.05, 0.1) is 6.42 Å². The number of anilines is 2. The predicted molar refractivity (Wildman–Crippen MR) is 104 cm³/mol. The lowest BCUT2D eigenvalue weighted by atomic mass is 10.0. The number of nitrogens with one attached hydrogen (secondary N) is 1. The molecule has 0 aromatic heterocycles. The molecule has 4 heteroatoms. The van der Waals surface area contributed by atoms with Crippen LogP contribution < -0.4 is 10.2 Å². The zero-order valence-corrected chi connectivity index (χ0v) is 14.4. The van der Waals surface area contributed by atoms with Gasteiger partial charge in [-0.05, 0) is 47.0 Å². The third kappa shape index (κ3) is 3.45. The molecule has 0 aliphatic carbocycles. The summed E-state index contributed by atoms with van der Waals surface area (Å²) in [7, 11) is 0. The summed E-state index contributed by atoms with van der Waals surface area (Å²) in [5, 5.41) is 5.23. The third-order valence-electron chi connectivity index (χ3n) is 4.71. The zero-order valence-electron chi connectivity index (χ0n) is 14.4. The van der Waals surface area contributed by atoms with E-state index in [0.717, 1.165) is 35.3 Å². The number of carbonyl (C=O) groups excluding carboxylic acids is 2. The van der Waals surface area contributed by atoms with Crippen LogP contribution in [0.5, 0.6) is 0 Å². The summed E-state index contributed by atoms with van der Waals surface area (Å²) in [4.78, 5) is 25.9. The molecule has 0 atom stereocenters. The van der Waals surface area contributed by atoms with Crippen molar-refractivity contribution in [3.05, 3.63) is 72.3 Å². The van der Waals surface area contributed by atoms with Crippen molar-refractivity contribution in [2.24, 2.45) is 0 Å². The minimum atomic E-state index is -0.0507. The fourth-order valence-corrected chi connectivity index (χ4v) is 3.39. The highest BCUT2D eigenvalue weighted by Crippen LogP contribution is 2.23. The van der Waals surface area contributed by atoms with E-state index in [1.165, 1.54) is 5.39 Å². The summed E-state index contributed by atoms with van der Waals surface area (Å²) in [5.41, 5.74) is 2.62. The maximum Gasteiger partial charge on any atom is 0.228 e. The lowest BCUT2D eigenvalue weighted by Gasteiger charge is -2.16. The minimum absolute atomic E-state index is 0.0507. The van der Waals surface area contributed by atoms with Crippen LogP contribution in [0.25, 0.3) is 10.8 Å². The standard InChI is InChI=1S/C22H20N2O2/c25-21(15-16-7-8-17-4-1-2-5-18(17)14-16)23-19-9-11-20(12-10-19)24-13-3-6-22(24)26/h1-2,4-5,7-12,14H,3,6,13,15H2,(H,23,25). The van der Waals surface area contributed by atoms with Crippen molar-refractivity contribution in [3.8, 4) is 0 Å². The Bertz CT molecular complexity index is 963. The second-order valence-corrected chi connectivity index (χ2v) is 6.60. The molecule has 0 bridgehead atoms. The summed E-state index contributed by atoms with van der Waals surface area (Å²) in [6.07, 6.45) is 1.85. The van der Waals surface area contributed by atoms with E-state index < -0.39 is 0 Å². The van der Waals surface area contributed by atoms with Crippen molar-refractivity contribution < 1.29 is 9.59 Å². The van der Waals surface area contributed by atoms with Crippen molar-refractivity contribution in [1.82, 2.24) is 0 Å². The van der Waals surface area contributed by atoms with Crippen LogP contribution in [0.2, 0.25) is 0 Å². The maximum absolute atomic E-state index is 12.3. The van der Waals surface area contributed by atoms with E-state index in [9.17, 15) is 9.59 Å². The molecule has 1 N–H and O–H groups in total. The molecule has 1 heterocycles. The molecule has 0 unspecified atom stereocenters. The molecule has 4 rings (SSSR count). The SMILES string of the molecule is O=C(Cc1ccc2ccccc2c1)Nc1ccc(N2CCCC2=O)cc1. The Morgan fingerprint density at radius 3 is 2.46 bits per heavy atom. The molecular weight excluding hydrogens is 324 g/mol. The molecule has 0 saturated carbocycles. The summed E-state index contributed by atoms with van der Waals surface area (Å²) < 4.78 is 0. The molecule has 1 aliphatic rings. The van der Waals surface area contributed by atoms with Crippen molar-refractivity contribution >= 4 is 34.0 Å². The second-order valence-electron chi connectivity index (χ2n) is 6.60. The number of carbonyl (C=O) groups is 2. The Morgan fingerprint density at radius 1 is 0.962 bits per heavy atom. The van der Waals surface area contributed by atoms with Gasteiger partial charge in [0.2, 0.25) is 11.8 Å². The van der Waals surface area contributed by atoms with Gasteiger partial charge in [-0.3, -0.25) is 9.59 Å². The van der Waals surface area contributed by atoms with Crippen LogP contribution in [0.4, 0.5) is 11.4 Å². The van der Waals surface area contributed by atoms with Gasteiger partial charge < -0.3 is 10.2 Å². The van der Waals surface area contributed by atoms with E-state index in [1.807, 2.05) is 48.5 Å². The molecule has 130 valence electrons. The first-order valence-corrected chi connectivity index (χ1v) is 8.87. The molecule has 1 saturated heterocycles. The van der Waals surface area contributed by atoms with Crippen molar-refractivity contribution in [2.45, 2.75) is 19.3 Å². The molecule has 3 aromatic carbocycles. The zero-order chi connectivity index (χ0) is 17.9. The highest BCUT2D eigenvalue weighted by Gasteiger charge is 2.21. The monoisotopic (exact) mass is 344 g/mol. The first-order valence-electron chi connectivity index (χ1n) is 8.87. The van der Waals surface area contributed by atoms with E-state index >= 15 is 0 Å². The normalized spacial score (nSPS) is 14.0. The average molecular weight is 344 g/mol. The van der Waals surface area contributed by atoms with Crippen LogP contribution in [0.15, 0.2) is 66.7 Å². The largest absolute Gasteiger partial charge is 0.326 e. The van der Waals surface area contributed by atoms with Crippen molar-refractivity contribution in [1.29, 1.82) is 0 Å². The summed E-state index contributed by atoms with van der Waals surface area (Å²) >= 11 is 0. The van der Waals surface area contributed by atoms with Gasteiger partial charge in [-0.2, -0.15) is 0 Å². The quantitative estimate of drug-likeness (QED) is 0.773. The number of fused-ring (bicyclic) bond motifs is 1. The lowest BCUT2D eigenvalue weighted by Crippen LogP contribution is -2.23. The Balaban J connectivity index is 1.41. The third-order valence-corrected chi connectivity index (χ3v) is 4.71.